The maximum Gasteiger partial charge on any atom is 0.0524 e. The highest BCUT2D eigenvalue weighted by atomic mass is 14.8. The van der Waals surface area contributed by atoms with Gasteiger partial charge >= 0.3 is 0 Å². The smallest absolute Gasteiger partial charge is 0.0524 e. The quantitative estimate of drug-likeness (QED) is 0.537. The van der Waals surface area contributed by atoms with Crippen LogP contribution >= 0.6 is 0 Å². The Morgan fingerprint density at radius 2 is 2.62 bits per heavy atom. The average Bonchev–Trinajstić information content (AvgIpc) is 1.81. The Bertz CT molecular complexity index is 110. The first-order valence-corrected chi connectivity index (χ1v) is 2.52. The second-order valence-corrected chi connectivity index (χ2v) is 1.16. The summed E-state index contributed by atoms with van der Waals surface area (Å²) in [5.41, 5.74) is 0. The largest absolute Gasteiger partial charge is 0.390 e. The van der Waals surface area contributed by atoms with E-state index in [4.69, 9.17) is 0 Å². The summed E-state index contributed by atoms with van der Waals surface area (Å²) in [5, 5.41) is 2.94. The fourth-order valence-electron chi connectivity index (χ4n) is 0.261. The van der Waals surface area contributed by atoms with E-state index >= 15 is 0 Å². The van der Waals surface area contributed by atoms with Crippen LogP contribution in [-0.2, 0) is 0 Å². The van der Waals surface area contributed by atoms with Gasteiger partial charge in [0.05, 0.1) is 6.20 Å². The van der Waals surface area contributed by atoms with Crippen LogP contribution in [0.4, 0.5) is 0 Å². The van der Waals surface area contributed by atoms with Gasteiger partial charge in [0.25, 0.3) is 0 Å². The summed E-state index contributed by atoms with van der Waals surface area (Å²) in [6.07, 6.45) is 3.36. The average molecular weight is 110 g/mol. The SMILES string of the molecule is C=C=N/C=C\NCC. The molecule has 0 radical (unpaired) electrons. The Morgan fingerprint density at radius 3 is 3.12 bits per heavy atom. The Morgan fingerprint density at radius 1 is 1.88 bits per heavy atom. The van der Waals surface area contributed by atoms with Crippen LogP contribution in [0.25, 0.3) is 0 Å². The molecule has 0 aromatic heterocycles. The van der Waals surface area contributed by atoms with Crippen LogP contribution in [0.2, 0.25) is 0 Å². The first-order chi connectivity index (χ1) is 3.91. The molecule has 0 amide bonds. The molecule has 0 aliphatic carbocycles. The third kappa shape index (κ3) is 4.99. The number of nitrogens with one attached hydrogen (secondary N) is 1. The van der Waals surface area contributed by atoms with Gasteiger partial charge in [0.2, 0.25) is 0 Å². The Hall–Kier alpha value is -1.01. The molecule has 0 unspecified atom stereocenters. The highest BCUT2D eigenvalue weighted by Gasteiger charge is 1.61. The van der Waals surface area contributed by atoms with Crippen LogP contribution < -0.4 is 5.32 Å². The lowest BCUT2D eigenvalue weighted by molar-refractivity contribution is 0.916. The van der Waals surface area contributed by atoms with Crippen molar-refractivity contribution in [2.45, 2.75) is 6.92 Å². The van der Waals surface area contributed by atoms with Gasteiger partial charge in [-0.2, -0.15) is 0 Å². The molecule has 0 fully saturated rings. The van der Waals surface area contributed by atoms with E-state index in [-0.39, 0.29) is 0 Å². The molecule has 44 valence electrons. The Balaban J connectivity index is 3.20. The van der Waals surface area contributed by atoms with Gasteiger partial charge in [-0.25, -0.2) is 4.99 Å². The number of hydrogen-bond acceptors (Lipinski definition) is 2. The number of aliphatic imine (C=N–C) groups is 1. The summed E-state index contributed by atoms with van der Waals surface area (Å²) in [5.74, 6) is 2.37. The first kappa shape index (κ1) is 6.99. The van der Waals surface area contributed by atoms with Crippen molar-refractivity contribution in [3.8, 4) is 0 Å². The second kappa shape index (κ2) is 5.99. The standard InChI is InChI=1S/C6H10N2/c1-3-7-5-6-8-4-2/h5-6,8H,1,4H2,2H3/b6-5-. The first-order valence-electron chi connectivity index (χ1n) is 2.52. The normalized spacial score (nSPS) is 8.62. The highest BCUT2D eigenvalue weighted by molar-refractivity contribution is 5.47. The lowest BCUT2D eigenvalue weighted by atomic mass is 10.7. The van der Waals surface area contributed by atoms with Gasteiger partial charge in [0.15, 0.2) is 0 Å². The molecule has 0 bridgehead atoms. The van der Waals surface area contributed by atoms with Crippen molar-refractivity contribution in [3.05, 3.63) is 19.0 Å². The predicted molar refractivity (Wildman–Crippen MR) is 35.9 cm³/mol. The number of nitrogens with zero attached hydrogens (tertiary/aromatic N) is 1. The van der Waals surface area contributed by atoms with Crippen molar-refractivity contribution < 1.29 is 0 Å². The molecule has 2 heteroatoms. The molecule has 0 aromatic carbocycles. The summed E-state index contributed by atoms with van der Waals surface area (Å²) in [7, 11) is 0. The van der Waals surface area contributed by atoms with E-state index in [0.29, 0.717) is 0 Å². The van der Waals surface area contributed by atoms with Gasteiger partial charge in [0.1, 0.15) is 0 Å². The molecule has 0 rings (SSSR count). The molecule has 0 atom stereocenters. The van der Waals surface area contributed by atoms with E-state index in [9.17, 15) is 0 Å². The molecular weight excluding hydrogens is 100 g/mol. The van der Waals surface area contributed by atoms with Crippen molar-refractivity contribution in [3.63, 3.8) is 0 Å². The van der Waals surface area contributed by atoms with Crippen molar-refractivity contribution in [2.75, 3.05) is 6.54 Å². The van der Waals surface area contributed by atoms with Gasteiger partial charge < -0.3 is 5.32 Å². The summed E-state index contributed by atoms with van der Waals surface area (Å²) in [6.45, 7) is 6.22. The van der Waals surface area contributed by atoms with Crippen molar-refractivity contribution >= 4 is 5.87 Å². The summed E-state index contributed by atoms with van der Waals surface area (Å²) >= 11 is 0. The zero-order valence-corrected chi connectivity index (χ0v) is 5.02. The van der Waals surface area contributed by atoms with Crippen LogP contribution in [0, 0.1) is 0 Å². The van der Waals surface area contributed by atoms with Crippen LogP contribution in [0.15, 0.2) is 24.0 Å². The molecule has 0 aliphatic heterocycles. The molecule has 0 aliphatic rings. The van der Waals surface area contributed by atoms with Crippen LogP contribution in [0.3, 0.4) is 0 Å². The minimum atomic E-state index is 0.920. The zero-order valence-electron chi connectivity index (χ0n) is 5.02. The third-order valence-corrected chi connectivity index (χ3v) is 0.562. The van der Waals surface area contributed by atoms with Gasteiger partial charge in [-0.05, 0) is 19.4 Å². The summed E-state index contributed by atoms with van der Waals surface area (Å²) in [6, 6.07) is 0. The van der Waals surface area contributed by atoms with Crippen molar-refractivity contribution in [2.24, 2.45) is 4.99 Å². The molecule has 0 heterocycles. The van der Waals surface area contributed by atoms with Gasteiger partial charge in [-0.1, -0.05) is 0 Å². The topological polar surface area (TPSA) is 24.4 Å². The fourth-order valence-corrected chi connectivity index (χ4v) is 0.261. The maximum atomic E-state index is 3.61. The zero-order chi connectivity index (χ0) is 6.24. The summed E-state index contributed by atoms with van der Waals surface area (Å²) < 4.78 is 0. The monoisotopic (exact) mass is 110 g/mol. The predicted octanol–water partition coefficient (Wildman–Crippen LogP) is 0.923. The summed E-state index contributed by atoms with van der Waals surface area (Å²) in [4.78, 5) is 3.61. The van der Waals surface area contributed by atoms with Crippen LogP contribution in [0.1, 0.15) is 6.92 Å². The van der Waals surface area contributed by atoms with Crippen molar-refractivity contribution in [1.82, 2.24) is 5.32 Å². The molecule has 0 aromatic rings. The molecule has 0 saturated carbocycles. The maximum absolute atomic E-state index is 3.61. The molecule has 2 nitrogen and oxygen atoms in total. The number of hydrogen-bond donors (Lipinski definition) is 1. The molecular formula is C6H10N2. The van der Waals surface area contributed by atoms with Crippen molar-refractivity contribution in [1.29, 1.82) is 0 Å². The minimum Gasteiger partial charge on any atom is -0.390 e. The Labute approximate surface area is 49.6 Å². The second-order valence-electron chi connectivity index (χ2n) is 1.16. The van der Waals surface area contributed by atoms with Gasteiger partial charge in [0, 0.05) is 12.7 Å². The van der Waals surface area contributed by atoms with E-state index in [1.54, 1.807) is 12.4 Å². The molecule has 8 heavy (non-hydrogen) atoms. The number of rotatable bonds is 3. The van der Waals surface area contributed by atoms with E-state index in [2.05, 4.69) is 22.8 Å². The molecule has 0 saturated heterocycles. The molecule has 1 N–H and O–H groups in total. The van der Waals surface area contributed by atoms with E-state index in [0.717, 1.165) is 6.54 Å². The highest BCUT2D eigenvalue weighted by Crippen LogP contribution is 1.64. The van der Waals surface area contributed by atoms with Gasteiger partial charge in [-0.3, -0.25) is 0 Å². The third-order valence-electron chi connectivity index (χ3n) is 0.562. The van der Waals surface area contributed by atoms with E-state index < -0.39 is 0 Å². The Kier molecular flexibility index (Phi) is 5.23. The lowest BCUT2D eigenvalue weighted by Gasteiger charge is -1.85. The van der Waals surface area contributed by atoms with Crippen LogP contribution in [0.5, 0.6) is 0 Å². The van der Waals surface area contributed by atoms with Gasteiger partial charge in [-0.15, -0.1) is 0 Å². The van der Waals surface area contributed by atoms with E-state index in [1.165, 1.54) is 0 Å². The van der Waals surface area contributed by atoms with E-state index in [1.807, 2.05) is 6.92 Å². The fraction of sp³-hybridized carbons (Fsp3) is 0.333. The van der Waals surface area contributed by atoms with Crippen LogP contribution in [-0.4, -0.2) is 12.4 Å². The minimum absolute atomic E-state index is 0.920. The molecule has 0 spiro atoms. The lowest BCUT2D eigenvalue weighted by Crippen LogP contribution is -2.00.